The summed E-state index contributed by atoms with van der Waals surface area (Å²) >= 11 is 0. The first-order valence-corrected chi connectivity index (χ1v) is 9.19. The molecule has 3 rings (SSSR count). The van der Waals surface area contributed by atoms with E-state index < -0.39 is 0 Å². The average Bonchev–Trinajstić information content (AvgIpc) is 2.85. The summed E-state index contributed by atoms with van der Waals surface area (Å²) in [4.78, 5) is 0. The Bertz CT molecular complexity index is 689. The van der Waals surface area contributed by atoms with E-state index in [1.165, 1.54) is 0 Å². The molecule has 24 heavy (non-hydrogen) atoms. The number of furan rings is 1. The van der Waals surface area contributed by atoms with Gasteiger partial charge in [0.25, 0.3) is 0 Å². The van der Waals surface area contributed by atoms with Crippen LogP contribution < -0.4 is 10.1 Å². The zero-order chi connectivity index (χ0) is 17.5. The van der Waals surface area contributed by atoms with Crippen LogP contribution in [-0.2, 0) is 0 Å². The zero-order valence-electron chi connectivity index (χ0n) is 15.8. The van der Waals surface area contributed by atoms with Crippen molar-refractivity contribution in [1.29, 1.82) is 0 Å². The molecule has 132 valence electrons. The molecule has 1 heterocycles. The summed E-state index contributed by atoms with van der Waals surface area (Å²) in [6.07, 6.45) is 2.48. The number of fused-ring (bicyclic) bond motifs is 1. The predicted octanol–water partition coefficient (Wildman–Crippen LogP) is 5.49. The first-order valence-electron chi connectivity index (χ1n) is 9.19. The number of nitrogens with one attached hydrogen (secondary N) is 1. The van der Waals surface area contributed by atoms with Gasteiger partial charge in [-0.15, -0.1) is 0 Å². The van der Waals surface area contributed by atoms with Crippen LogP contribution in [0.1, 0.15) is 66.1 Å². The van der Waals surface area contributed by atoms with E-state index in [0.717, 1.165) is 35.3 Å². The molecule has 0 radical (unpaired) electrons. The van der Waals surface area contributed by atoms with Crippen LogP contribution in [0.15, 0.2) is 28.7 Å². The molecule has 3 nitrogen and oxygen atoms in total. The largest absolute Gasteiger partial charge is 0.490 e. The molecule has 1 aromatic heterocycles. The SMILES string of the molecule is CC(C)[C@H](C)c1cc2cc(O[C@H]3C[C@@H](NC(C)(C)C)C3)ccc2o1. The standard InChI is InChI=1S/C21H31NO2/c1-13(2)14(3)20-10-15-9-17(7-8-19(15)24-20)23-18-11-16(12-18)22-21(4,5)6/h7-10,13-14,16,18,22H,11-12H2,1-6H3/t14-,16-,18+/m0/s1. The number of ether oxygens (including phenoxy) is 1. The van der Waals surface area contributed by atoms with E-state index >= 15 is 0 Å². The van der Waals surface area contributed by atoms with Gasteiger partial charge in [0, 0.05) is 22.9 Å². The minimum absolute atomic E-state index is 0.175. The highest BCUT2D eigenvalue weighted by atomic mass is 16.5. The minimum atomic E-state index is 0.175. The maximum atomic E-state index is 6.14. The molecular weight excluding hydrogens is 298 g/mol. The van der Waals surface area contributed by atoms with Gasteiger partial charge in [-0.25, -0.2) is 0 Å². The maximum Gasteiger partial charge on any atom is 0.134 e. The van der Waals surface area contributed by atoms with Gasteiger partial charge in [0.15, 0.2) is 0 Å². The molecule has 1 aliphatic carbocycles. The van der Waals surface area contributed by atoms with Crippen molar-refractivity contribution in [2.45, 2.75) is 78.0 Å². The van der Waals surface area contributed by atoms with E-state index in [-0.39, 0.29) is 5.54 Å². The van der Waals surface area contributed by atoms with Gasteiger partial charge >= 0.3 is 0 Å². The highest BCUT2D eigenvalue weighted by molar-refractivity contribution is 5.79. The smallest absolute Gasteiger partial charge is 0.134 e. The molecule has 3 heteroatoms. The van der Waals surface area contributed by atoms with Crippen molar-refractivity contribution in [2.24, 2.45) is 5.92 Å². The number of benzene rings is 1. The quantitative estimate of drug-likeness (QED) is 0.787. The van der Waals surface area contributed by atoms with Crippen LogP contribution in [0.3, 0.4) is 0 Å². The van der Waals surface area contributed by atoms with Gasteiger partial charge in [-0.3, -0.25) is 0 Å². The fourth-order valence-corrected chi connectivity index (χ4v) is 3.25. The normalized spacial score (nSPS) is 22.6. The Kier molecular flexibility index (Phi) is 4.65. The fraction of sp³-hybridized carbons (Fsp3) is 0.619. The third-order valence-corrected chi connectivity index (χ3v) is 4.99. The lowest BCUT2D eigenvalue weighted by molar-refractivity contribution is 0.0735. The predicted molar refractivity (Wildman–Crippen MR) is 99.8 cm³/mol. The maximum absolute atomic E-state index is 6.14. The van der Waals surface area contributed by atoms with Crippen LogP contribution in [0.25, 0.3) is 11.0 Å². The fourth-order valence-electron chi connectivity index (χ4n) is 3.25. The molecule has 2 aromatic rings. The molecule has 1 atom stereocenters. The van der Waals surface area contributed by atoms with Crippen molar-refractivity contribution in [2.75, 3.05) is 0 Å². The molecule has 1 aliphatic rings. The molecular formula is C21H31NO2. The third kappa shape index (κ3) is 3.94. The Morgan fingerprint density at radius 2 is 1.83 bits per heavy atom. The molecule has 1 fully saturated rings. The lowest BCUT2D eigenvalue weighted by atomic mass is 9.87. The summed E-state index contributed by atoms with van der Waals surface area (Å²) < 4.78 is 12.1. The molecule has 0 unspecified atom stereocenters. The van der Waals surface area contributed by atoms with Crippen molar-refractivity contribution >= 4 is 11.0 Å². The van der Waals surface area contributed by atoms with Crippen molar-refractivity contribution < 1.29 is 9.15 Å². The summed E-state index contributed by atoms with van der Waals surface area (Å²) in [5, 5.41) is 4.77. The molecule has 0 bridgehead atoms. The second-order valence-corrected chi connectivity index (χ2v) is 8.68. The van der Waals surface area contributed by atoms with Gasteiger partial charge in [-0.2, -0.15) is 0 Å². The lowest BCUT2D eigenvalue weighted by Crippen LogP contribution is -2.53. The number of hydrogen-bond acceptors (Lipinski definition) is 3. The van der Waals surface area contributed by atoms with Gasteiger partial charge in [0.2, 0.25) is 0 Å². The summed E-state index contributed by atoms with van der Waals surface area (Å²) in [7, 11) is 0. The van der Waals surface area contributed by atoms with E-state index in [0.29, 0.717) is 24.0 Å². The molecule has 0 amide bonds. The summed E-state index contributed by atoms with van der Waals surface area (Å²) in [6.45, 7) is 13.3. The van der Waals surface area contributed by atoms with Crippen LogP contribution in [0.4, 0.5) is 0 Å². The Balaban J connectivity index is 1.62. The Morgan fingerprint density at radius 1 is 1.12 bits per heavy atom. The lowest BCUT2D eigenvalue weighted by Gasteiger charge is -2.40. The van der Waals surface area contributed by atoms with Crippen LogP contribution in [0, 0.1) is 5.92 Å². The second kappa shape index (κ2) is 6.44. The summed E-state index contributed by atoms with van der Waals surface area (Å²) in [5.74, 6) is 3.02. The molecule has 1 saturated carbocycles. The monoisotopic (exact) mass is 329 g/mol. The van der Waals surface area contributed by atoms with Crippen LogP contribution in [-0.4, -0.2) is 17.7 Å². The minimum Gasteiger partial charge on any atom is -0.490 e. The highest BCUT2D eigenvalue weighted by Gasteiger charge is 2.33. The van der Waals surface area contributed by atoms with Crippen molar-refractivity contribution in [3.8, 4) is 5.75 Å². The van der Waals surface area contributed by atoms with Crippen LogP contribution >= 0.6 is 0 Å². The van der Waals surface area contributed by atoms with Crippen LogP contribution in [0.2, 0.25) is 0 Å². The van der Waals surface area contributed by atoms with Crippen molar-refractivity contribution in [1.82, 2.24) is 5.32 Å². The van der Waals surface area contributed by atoms with E-state index in [1.54, 1.807) is 0 Å². The zero-order valence-corrected chi connectivity index (χ0v) is 15.8. The molecule has 1 aromatic carbocycles. The number of rotatable bonds is 5. The van der Waals surface area contributed by atoms with Gasteiger partial charge < -0.3 is 14.5 Å². The molecule has 0 spiro atoms. The summed E-state index contributed by atoms with van der Waals surface area (Å²) in [5.41, 5.74) is 1.13. The third-order valence-electron chi connectivity index (χ3n) is 4.99. The van der Waals surface area contributed by atoms with E-state index in [1.807, 2.05) is 12.1 Å². The highest BCUT2D eigenvalue weighted by Crippen LogP contribution is 2.33. The average molecular weight is 329 g/mol. The van der Waals surface area contributed by atoms with Gasteiger partial charge in [0.05, 0.1) is 0 Å². The van der Waals surface area contributed by atoms with E-state index in [2.05, 4.69) is 59.0 Å². The van der Waals surface area contributed by atoms with Gasteiger partial charge in [0.1, 0.15) is 23.2 Å². The Hall–Kier alpha value is -1.48. The molecule has 1 N–H and O–H groups in total. The Labute approximate surface area is 145 Å². The van der Waals surface area contributed by atoms with Crippen LogP contribution in [0.5, 0.6) is 5.75 Å². The first-order chi connectivity index (χ1) is 11.2. The van der Waals surface area contributed by atoms with Gasteiger partial charge in [-0.05, 0) is 63.8 Å². The first kappa shape index (κ1) is 17.3. The topological polar surface area (TPSA) is 34.4 Å². The second-order valence-electron chi connectivity index (χ2n) is 8.68. The Morgan fingerprint density at radius 3 is 2.46 bits per heavy atom. The molecule has 0 aliphatic heterocycles. The van der Waals surface area contributed by atoms with E-state index in [9.17, 15) is 0 Å². The summed E-state index contributed by atoms with van der Waals surface area (Å²) in [6, 6.07) is 8.91. The molecule has 0 saturated heterocycles. The van der Waals surface area contributed by atoms with Gasteiger partial charge in [-0.1, -0.05) is 20.8 Å². The number of hydrogen-bond donors (Lipinski definition) is 1. The van der Waals surface area contributed by atoms with Crippen molar-refractivity contribution in [3.63, 3.8) is 0 Å². The van der Waals surface area contributed by atoms with E-state index in [4.69, 9.17) is 9.15 Å². The van der Waals surface area contributed by atoms with Crippen molar-refractivity contribution in [3.05, 3.63) is 30.0 Å².